The number of benzene rings is 1. The molecule has 0 fully saturated rings. The van der Waals surface area contributed by atoms with Gasteiger partial charge < -0.3 is 9.47 Å². The highest BCUT2D eigenvalue weighted by Crippen LogP contribution is 2.31. The van der Waals surface area contributed by atoms with Crippen molar-refractivity contribution in [3.05, 3.63) is 35.3 Å². The van der Waals surface area contributed by atoms with E-state index in [1.165, 1.54) is 0 Å². The molecule has 0 aliphatic heterocycles. The Morgan fingerprint density at radius 3 is 2.35 bits per heavy atom. The van der Waals surface area contributed by atoms with E-state index < -0.39 is 17.8 Å². The topological polar surface area (TPSA) is 60.5 Å². The normalized spacial score (nSPS) is 11.1. The summed E-state index contributed by atoms with van der Waals surface area (Å²) in [4.78, 5) is 14.9. The van der Waals surface area contributed by atoms with Crippen LogP contribution in [0.4, 0.5) is 18.3 Å². The second kappa shape index (κ2) is 7.32. The van der Waals surface area contributed by atoms with Crippen molar-refractivity contribution in [1.82, 2.24) is 4.98 Å². The number of thiazole rings is 1. The minimum Gasteiger partial charge on any atom is -0.494 e. The molecule has 5 nitrogen and oxygen atoms in total. The number of anilines is 1. The molecule has 0 spiro atoms. The number of amides is 1. The van der Waals surface area contributed by atoms with Crippen LogP contribution in [0.5, 0.6) is 11.5 Å². The molecular formula is C14H13F3N2O3S. The SMILES string of the molecule is CCOc1ccc(OCC(=O)Nc2nc(C(F)(F)F)cs2)cc1. The molecule has 9 heteroatoms. The highest BCUT2D eigenvalue weighted by Gasteiger charge is 2.33. The Hall–Kier alpha value is -2.29. The van der Waals surface area contributed by atoms with Gasteiger partial charge in [0, 0.05) is 5.38 Å². The highest BCUT2D eigenvalue weighted by atomic mass is 32.1. The monoisotopic (exact) mass is 346 g/mol. The lowest BCUT2D eigenvalue weighted by Gasteiger charge is -2.07. The van der Waals surface area contributed by atoms with E-state index in [1.807, 2.05) is 6.92 Å². The quantitative estimate of drug-likeness (QED) is 0.869. The fraction of sp³-hybridized carbons (Fsp3) is 0.286. The number of hydrogen-bond donors (Lipinski definition) is 1. The second-order valence-electron chi connectivity index (χ2n) is 4.28. The van der Waals surface area contributed by atoms with Crippen LogP contribution < -0.4 is 14.8 Å². The maximum atomic E-state index is 12.4. The predicted molar refractivity (Wildman–Crippen MR) is 78.9 cm³/mol. The van der Waals surface area contributed by atoms with Gasteiger partial charge in [-0.25, -0.2) is 4.98 Å². The van der Waals surface area contributed by atoms with Crippen LogP contribution in [0.25, 0.3) is 0 Å². The van der Waals surface area contributed by atoms with Gasteiger partial charge in [0.25, 0.3) is 5.91 Å². The van der Waals surface area contributed by atoms with Gasteiger partial charge in [-0.1, -0.05) is 0 Å². The van der Waals surface area contributed by atoms with Crippen molar-refractivity contribution >= 4 is 22.4 Å². The molecule has 2 aromatic rings. The molecule has 0 bridgehead atoms. The standard InChI is InChI=1S/C14H13F3N2O3S/c1-2-21-9-3-5-10(6-4-9)22-7-12(20)19-13-18-11(8-23-13)14(15,16)17/h3-6,8H,2,7H2,1H3,(H,18,19,20). The van der Waals surface area contributed by atoms with E-state index in [0.29, 0.717) is 29.4 Å². The molecule has 2 rings (SSSR count). The summed E-state index contributed by atoms with van der Waals surface area (Å²) < 4.78 is 47.7. The lowest BCUT2D eigenvalue weighted by molar-refractivity contribution is -0.140. The zero-order valence-corrected chi connectivity index (χ0v) is 12.8. The van der Waals surface area contributed by atoms with Crippen molar-refractivity contribution in [3.8, 4) is 11.5 Å². The zero-order chi connectivity index (χ0) is 16.9. The minimum atomic E-state index is -4.53. The third-order valence-corrected chi connectivity index (χ3v) is 3.30. The van der Waals surface area contributed by atoms with Gasteiger partial charge in [-0.3, -0.25) is 10.1 Å². The number of ether oxygens (including phenoxy) is 2. The smallest absolute Gasteiger partial charge is 0.434 e. The van der Waals surface area contributed by atoms with Crippen molar-refractivity contribution in [2.45, 2.75) is 13.1 Å². The molecule has 1 heterocycles. The Morgan fingerprint density at radius 2 is 1.83 bits per heavy atom. The Labute approximate surface area is 134 Å². The van der Waals surface area contributed by atoms with Gasteiger partial charge >= 0.3 is 6.18 Å². The highest BCUT2D eigenvalue weighted by molar-refractivity contribution is 7.13. The summed E-state index contributed by atoms with van der Waals surface area (Å²) in [6.07, 6.45) is -4.53. The van der Waals surface area contributed by atoms with Crippen LogP contribution >= 0.6 is 11.3 Å². The third-order valence-electron chi connectivity index (χ3n) is 2.55. The summed E-state index contributed by atoms with van der Waals surface area (Å²) in [5.41, 5.74) is -1.04. The molecule has 0 unspecified atom stereocenters. The van der Waals surface area contributed by atoms with E-state index in [4.69, 9.17) is 9.47 Å². The maximum absolute atomic E-state index is 12.4. The van der Waals surface area contributed by atoms with Crippen LogP contribution in [-0.2, 0) is 11.0 Å². The molecule has 0 saturated carbocycles. The largest absolute Gasteiger partial charge is 0.494 e. The first-order valence-electron chi connectivity index (χ1n) is 6.56. The number of nitrogens with zero attached hydrogens (tertiary/aromatic N) is 1. The number of hydrogen-bond acceptors (Lipinski definition) is 5. The van der Waals surface area contributed by atoms with Crippen molar-refractivity contribution in [2.75, 3.05) is 18.5 Å². The van der Waals surface area contributed by atoms with Gasteiger partial charge in [-0.05, 0) is 31.2 Å². The summed E-state index contributed by atoms with van der Waals surface area (Å²) in [5.74, 6) is 0.521. The van der Waals surface area contributed by atoms with Gasteiger partial charge in [0.2, 0.25) is 0 Å². The molecule has 0 aliphatic rings. The summed E-state index contributed by atoms with van der Waals surface area (Å²) in [6, 6.07) is 6.63. The van der Waals surface area contributed by atoms with E-state index in [-0.39, 0.29) is 11.7 Å². The molecule has 1 N–H and O–H groups in total. The third kappa shape index (κ3) is 5.13. The first-order valence-corrected chi connectivity index (χ1v) is 7.44. The van der Waals surface area contributed by atoms with E-state index in [2.05, 4.69) is 10.3 Å². The fourth-order valence-electron chi connectivity index (χ4n) is 1.56. The maximum Gasteiger partial charge on any atom is 0.434 e. The van der Waals surface area contributed by atoms with E-state index >= 15 is 0 Å². The van der Waals surface area contributed by atoms with Crippen molar-refractivity contribution in [1.29, 1.82) is 0 Å². The van der Waals surface area contributed by atoms with Gasteiger partial charge in [-0.2, -0.15) is 13.2 Å². The van der Waals surface area contributed by atoms with Crippen molar-refractivity contribution in [3.63, 3.8) is 0 Å². The van der Waals surface area contributed by atoms with Crippen LogP contribution in [0.3, 0.4) is 0 Å². The van der Waals surface area contributed by atoms with E-state index in [0.717, 1.165) is 5.38 Å². The number of carbonyl (C=O) groups excluding carboxylic acids is 1. The van der Waals surface area contributed by atoms with E-state index in [1.54, 1.807) is 24.3 Å². The lowest BCUT2D eigenvalue weighted by atomic mass is 10.3. The zero-order valence-electron chi connectivity index (χ0n) is 12.0. The summed E-state index contributed by atoms with van der Waals surface area (Å²) >= 11 is 0.699. The molecule has 124 valence electrons. The first kappa shape index (κ1) is 17.1. The van der Waals surface area contributed by atoms with Crippen LogP contribution in [0.1, 0.15) is 12.6 Å². The molecule has 23 heavy (non-hydrogen) atoms. The summed E-state index contributed by atoms with van der Waals surface area (Å²) in [5, 5.41) is 2.96. The van der Waals surface area contributed by atoms with Crippen LogP contribution in [-0.4, -0.2) is 24.1 Å². The van der Waals surface area contributed by atoms with E-state index in [9.17, 15) is 18.0 Å². The Balaban J connectivity index is 1.84. The Kier molecular flexibility index (Phi) is 5.43. The average molecular weight is 346 g/mol. The minimum absolute atomic E-state index is 0.127. The first-order chi connectivity index (χ1) is 10.9. The number of halogens is 3. The van der Waals surface area contributed by atoms with Gasteiger partial charge in [0.1, 0.15) is 11.5 Å². The summed E-state index contributed by atoms with van der Waals surface area (Å²) in [6.45, 7) is 2.06. The van der Waals surface area contributed by atoms with Crippen LogP contribution in [0.2, 0.25) is 0 Å². The number of alkyl halides is 3. The Morgan fingerprint density at radius 1 is 1.22 bits per heavy atom. The fourth-order valence-corrected chi connectivity index (χ4v) is 2.30. The van der Waals surface area contributed by atoms with Crippen LogP contribution in [0.15, 0.2) is 29.6 Å². The average Bonchev–Trinajstić information content (AvgIpc) is 2.95. The van der Waals surface area contributed by atoms with Gasteiger partial charge in [0.05, 0.1) is 6.61 Å². The second-order valence-corrected chi connectivity index (χ2v) is 5.14. The number of nitrogens with one attached hydrogen (secondary N) is 1. The molecular weight excluding hydrogens is 333 g/mol. The number of aromatic nitrogens is 1. The number of carbonyl (C=O) groups is 1. The van der Waals surface area contributed by atoms with Crippen LogP contribution in [0, 0.1) is 0 Å². The molecule has 0 atom stereocenters. The Bertz CT molecular complexity index is 656. The number of rotatable bonds is 6. The van der Waals surface area contributed by atoms with Crippen molar-refractivity contribution in [2.24, 2.45) is 0 Å². The van der Waals surface area contributed by atoms with Gasteiger partial charge in [0.15, 0.2) is 17.4 Å². The molecule has 0 radical (unpaired) electrons. The lowest BCUT2D eigenvalue weighted by Crippen LogP contribution is -2.20. The predicted octanol–water partition coefficient (Wildman–Crippen LogP) is 3.58. The molecule has 1 aromatic carbocycles. The molecule has 0 saturated heterocycles. The van der Waals surface area contributed by atoms with Crippen molar-refractivity contribution < 1.29 is 27.4 Å². The molecule has 1 aromatic heterocycles. The molecule has 0 aliphatic carbocycles. The summed E-state index contributed by atoms with van der Waals surface area (Å²) in [7, 11) is 0. The molecule has 1 amide bonds. The van der Waals surface area contributed by atoms with Gasteiger partial charge in [-0.15, -0.1) is 11.3 Å².